The van der Waals surface area contributed by atoms with E-state index >= 15 is 0 Å². The summed E-state index contributed by atoms with van der Waals surface area (Å²) in [5.74, 6) is -0.275. The first kappa shape index (κ1) is 17.0. The Morgan fingerprint density at radius 2 is 1.68 bits per heavy atom. The van der Waals surface area contributed by atoms with Gasteiger partial charge in [0.25, 0.3) is 5.91 Å². The Morgan fingerprint density at radius 3 is 2.40 bits per heavy atom. The summed E-state index contributed by atoms with van der Waals surface area (Å²) in [5.41, 5.74) is 1.39. The third-order valence-corrected chi connectivity index (χ3v) is 3.86. The molecule has 0 fully saturated rings. The van der Waals surface area contributed by atoms with Crippen LogP contribution in [0.1, 0.15) is 15.9 Å². The van der Waals surface area contributed by atoms with Crippen molar-refractivity contribution in [3.05, 3.63) is 94.8 Å². The minimum Gasteiger partial charge on any atom is -0.489 e. The van der Waals surface area contributed by atoms with Crippen molar-refractivity contribution >= 4 is 23.2 Å². The topological polar surface area (TPSA) is 38.3 Å². The van der Waals surface area contributed by atoms with E-state index in [1.165, 1.54) is 12.1 Å². The number of carbonyl (C=O) groups is 1. The van der Waals surface area contributed by atoms with Gasteiger partial charge in [0.2, 0.25) is 0 Å². The zero-order chi connectivity index (χ0) is 17.6. The number of hydrogen-bond donors (Lipinski definition) is 1. The number of hydrogen-bond acceptors (Lipinski definition) is 2. The van der Waals surface area contributed by atoms with Gasteiger partial charge in [0.05, 0.1) is 10.7 Å². The van der Waals surface area contributed by atoms with Gasteiger partial charge in [-0.2, -0.15) is 0 Å². The van der Waals surface area contributed by atoms with Crippen LogP contribution in [-0.4, -0.2) is 5.91 Å². The van der Waals surface area contributed by atoms with E-state index in [0.717, 1.165) is 11.3 Å². The Hall–Kier alpha value is -2.85. The Balaban J connectivity index is 1.63. The van der Waals surface area contributed by atoms with E-state index < -0.39 is 11.7 Å². The third-order valence-electron chi connectivity index (χ3n) is 3.56. The SMILES string of the molecule is O=C(Nc1cccc(Cl)c1F)c1ccc(COc2ccccc2)cc1. The lowest BCUT2D eigenvalue weighted by atomic mass is 10.1. The van der Waals surface area contributed by atoms with Crippen molar-refractivity contribution in [2.24, 2.45) is 0 Å². The molecule has 3 aromatic carbocycles. The summed E-state index contributed by atoms with van der Waals surface area (Å²) >= 11 is 5.71. The van der Waals surface area contributed by atoms with Crippen LogP contribution in [0.15, 0.2) is 72.8 Å². The highest BCUT2D eigenvalue weighted by Gasteiger charge is 2.11. The van der Waals surface area contributed by atoms with Crippen molar-refractivity contribution < 1.29 is 13.9 Å². The molecule has 0 atom stereocenters. The second-order valence-corrected chi connectivity index (χ2v) is 5.76. The summed E-state index contributed by atoms with van der Waals surface area (Å²) in [4.78, 5) is 12.2. The first-order valence-electron chi connectivity index (χ1n) is 7.65. The third kappa shape index (κ3) is 4.37. The van der Waals surface area contributed by atoms with Gasteiger partial charge in [0.1, 0.15) is 12.4 Å². The number of anilines is 1. The highest BCUT2D eigenvalue weighted by molar-refractivity contribution is 6.31. The molecule has 0 saturated carbocycles. The van der Waals surface area contributed by atoms with E-state index in [4.69, 9.17) is 16.3 Å². The molecular weight excluding hydrogens is 341 g/mol. The van der Waals surface area contributed by atoms with Gasteiger partial charge >= 0.3 is 0 Å². The fraction of sp³-hybridized carbons (Fsp3) is 0.0500. The zero-order valence-corrected chi connectivity index (χ0v) is 14.0. The second kappa shape index (κ2) is 7.81. The highest BCUT2D eigenvalue weighted by Crippen LogP contribution is 2.22. The predicted octanol–water partition coefficient (Wildman–Crippen LogP) is 5.31. The highest BCUT2D eigenvalue weighted by atomic mass is 35.5. The number of amides is 1. The summed E-state index contributed by atoms with van der Waals surface area (Å²) in [5, 5.41) is 2.48. The number of nitrogens with one attached hydrogen (secondary N) is 1. The molecule has 0 aromatic heterocycles. The number of benzene rings is 3. The predicted molar refractivity (Wildman–Crippen MR) is 96.6 cm³/mol. The quantitative estimate of drug-likeness (QED) is 0.673. The first-order valence-corrected chi connectivity index (χ1v) is 8.03. The lowest BCUT2D eigenvalue weighted by Crippen LogP contribution is -2.13. The van der Waals surface area contributed by atoms with Gasteiger partial charge in [-0.15, -0.1) is 0 Å². The Kier molecular flexibility index (Phi) is 5.31. The second-order valence-electron chi connectivity index (χ2n) is 5.35. The summed E-state index contributed by atoms with van der Waals surface area (Å²) in [6.45, 7) is 0.398. The molecule has 0 heterocycles. The summed E-state index contributed by atoms with van der Waals surface area (Å²) in [7, 11) is 0. The minimum atomic E-state index is -0.648. The van der Waals surface area contributed by atoms with Crippen LogP contribution in [0.5, 0.6) is 5.75 Å². The summed E-state index contributed by atoms with van der Waals surface area (Å²) in [6, 6.07) is 20.9. The molecule has 3 rings (SSSR count). The molecule has 5 heteroatoms. The minimum absolute atomic E-state index is 0.0359. The van der Waals surface area contributed by atoms with Crippen LogP contribution < -0.4 is 10.1 Å². The lowest BCUT2D eigenvalue weighted by Gasteiger charge is -2.09. The standard InChI is InChI=1S/C20H15ClFNO2/c21-17-7-4-8-18(19(17)22)23-20(24)15-11-9-14(10-12-15)13-25-16-5-2-1-3-6-16/h1-12H,13H2,(H,23,24). The van der Waals surface area contributed by atoms with Crippen molar-refractivity contribution in [1.82, 2.24) is 0 Å². The van der Waals surface area contributed by atoms with Gasteiger partial charge < -0.3 is 10.1 Å². The van der Waals surface area contributed by atoms with Gasteiger partial charge in [-0.05, 0) is 42.0 Å². The van der Waals surface area contributed by atoms with E-state index in [2.05, 4.69) is 5.32 Å². The van der Waals surface area contributed by atoms with Crippen LogP contribution in [0.25, 0.3) is 0 Å². The van der Waals surface area contributed by atoms with Crippen LogP contribution in [0.3, 0.4) is 0 Å². The smallest absolute Gasteiger partial charge is 0.255 e. The number of carbonyl (C=O) groups excluding carboxylic acids is 1. The molecule has 0 aliphatic rings. The largest absolute Gasteiger partial charge is 0.489 e. The maximum atomic E-state index is 13.8. The van der Waals surface area contributed by atoms with Crippen molar-refractivity contribution in [1.29, 1.82) is 0 Å². The van der Waals surface area contributed by atoms with Gasteiger partial charge in [0.15, 0.2) is 5.82 Å². The molecule has 0 unspecified atom stereocenters. The molecular formula is C20H15ClFNO2. The fourth-order valence-electron chi connectivity index (χ4n) is 2.23. The molecule has 3 nitrogen and oxygen atoms in total. The number of para-hydroxylation sites is 1. The number of ether oxygens (including phenoxy) is 1. The van der Waals surface area contributed by atoms with E-state index in [0.29, 0.717) is 12.2 Å². The Labute approximate surface area is 150 Å². The average Bonchev–Trinajstić information content (AvgIpc) is 2.65. The molecule has 126 valence electrons. The van der Waals surface area contributed by atoms with Gasteiger partial charge in [-0.25, -0.2) is 4.39 Å². The van der Waals surface area contributed by atoms with Crippen molar-refractivity contribution in [2.75, 3.05) is 5.32 Å². The molecule has 1 amide bonds. The van der Waals surface area contributed by atoms with Crippen LogP contribution in [0, 0.1) is 5.82 Å². The molecule has 25 heavy (non-hydrogen) atoms. The molecule has 0 aliphatic carbocycles. The van der Waals surface area contributed by atoms with E-state index in [1.54, 1.807) is 30.3 Å². The Bertz CT molecular complexity index is 867. The molecule has 0 aliphatic heterocycles. The zero-order valence-electron chi connectivity index (χ0n) is 13.2. The van der Waals surface area contributed by atoms with Gasteiger partial charge in [-0.1, -0.05) is 48.0 Å². The van der Waals surface area contributed by atoms with Crippen molar-refractivity contribution in [3.63, 3.8) is 0 Å². The molecule has 0 radical (unpaired) electrons. The van der Waals surface area contributed by atoms with Crippen LogP contribution in [-0.2, 0) is 6.61 Å². The van der Waals surface area contributed by atoms with E-state index in [1.807, 2.05) is 30.3 Å². The molecule has 3 aromatic rings. The Morgan fingerprint density at radius 1 is 0.960 bits per heavy atom. The molecule has 0 spiro atoms. The van der Waals surface area contributed by atoms with Crippen LogP contribution >= 0.6 is 11.6 Å². The van der Waals surface area contributed by atoms with Crippen molar-refractivity contribution in [2.45, 2.75) is 6.61 Å². The molecule has 1 N–H and O–H groups in total. The fourth-order valence-corrected chi connectivity index (χ4v) is 2.41. The van der Waals surface area contributed by atoms with Gasteiger partial charge in [0, 0.05) is 5.56 Å². The first-order chi connectivity index (χ1) is 12.1. The molecule has 0 bridgehead atoms. The summed E-state index contributed by atoms with van der Waals surface area (Å²) < 4.78 is 19.5. The maximum absolute atomic E-state index is 13.8. The average molecular weight is 356 g/mol. The molecule has 0 saturated heterocycles. The van der Waals surface area contributed by atoms with Gasteiger partial charge in [-0.3, -0.25) is 4.79 Å². The van der Waals surface area contributed by atoms with Crippen LogP contribution in [0.2, 0.25) is 5.02 Å². The van der Waals surface area contributed by atoms with E-state index in [9.17, 15) is 9.18 Å². The van der Waals surface area contributed by atoms with Crippen LogP contribution in [0.4, 0.5) is 10.1 Å². The lowest BCUT2D eigenvalue weighted by molar-refractivity contribution is 0.102. The monoisotopic (exact) mass is 355 g/mol. The maximum Gasteiger partial charge on any atom is 0.255 e. The van der Waals surface area contributed by atoms with E-state index in [-0.39, 0.29) is 10.7 Å². The number of rotatable bonds is 5. The summed E-state index contributed by atoms with van der Waals surface area (Å²) in [6.07, 6.45) is 0. The normalized spacial score (nSPS) is 10.3. The van der Waals surface area contributed by atoms with Crippen molar-refractivity contribution in [3.8, 4) is 5.75 Å². The number of halogens is 2.